The first-order chi connectivity index (χ1) is 6.92. The van der Waals surface area contributed by atoms with Crippen LogP contribution in [-0.2, 0) is 0 Å². The highest BCUT2D eigenvalue weighted by Crippen LogP contribution is 2.06. The zero-order valence-corrected chi connectivity index (χ0v) is 7.60. The number of hydrogen-bond acceptors (Lipinski definition) is 5. The van der Waals surface area contributed by atoms with E-state index >= 15 is 0 Å². The fourth-order valence-corrected chi connectivity index (χ4v) is 1.02. The number of nitrogens with zero attached hydrogens (tertiary/aromatic N) is 5. The van der Waals surface area contributed by atoms with Crippen LogP contribution in [0.15, 0.2) is 12.4 Å². The summed E-state index contributed by atoms with van der Waals surface area (Å²) in [4.78, 5) is 4.11. The molecule has 14 heavy (non-hydrogen) atoms. The van der Waals surface area contributed by atoms with Crippen LogP contribution in [0.25, 0.3) is 5.65 Å². The van der Waals surface area contributed by atoms with Gasteiger partial charge in [0.05, 0.1) is 12.7 Å². The van der Waals surface area contributed by atoms with Crippen LogP contribution < -0.4 is 5.32 Å². The smallest absolute Gasteiger partial charge is 0.221 e. The summed E-state index contributed by atoms with van der Waals surface area (Å²) >= 11 is 0. The summed E-state index contributed by atoms with van der Waals surface area (Å²) in [5.74, 6) is 6.29. The van der Waals surface area contributed by atoms with Gasteiger partial charge in [0.15, 0.2) is 5.82 Å². The molecule has 2 aromatic rings. The average Bonchev–Trinajstić information content (AvgIpc) is 2.67. The number of fused-ring (bicyclic) bond motifs is 1. The molecular formula is C8H8N6. The molecule has 0 unspecified atom stereocenters. The SMILES string of the molecule is CC#CCNc1nccn2nnnc12. The molecular weight excluding hydrogens is 180 g/mol. The van der Waals surface area contributed by atoms with E-state index in [1.54, 1.807) is 23.8 Å². The molecule has 2 rings (SSSR count). The maximum Gasteiger partial charge on any atom is 0.221 e. The molecule has 0 fully saturated rings. The van der Waals surface area contributed by atoms with Crippen LogP contribution in [0, 0.1) is 11.8 Å². The van der Waals surface area contributed by atoms with E-state index in [-0.39, 0.29) is 0 Å². The first-order valence-corrected chi connectivity index (χ1v) is 4.08. The first kappa shape index (κ1) is 8.44. The van der Waals surface area contributed by atoms with Crippen LogP contribution in [0.1, 0.15) is 6.92 Å². The van der Waals surface area contributed by atoms with Crippen molar-refractivity contribution in [2.75, 3.05) is 11.9 Å². The third-order valence-electron chi connectivity index (χ3n) is 1.64. The minimum absolute atomic E-state index is 0.538. The van der Waals surface area contributed by atoms with E-state index < -0.39 is 0 Å². The predicted molar refractivity (Wildman–Crippen MR) is 50.5 cm³/mol. The van der Waals surface area contributed by atoms with Crippen molar-refractivity contribution in [3.63, 3.8) is 0 Å². The topological polar surface area (TPSA) is 68.0 Å². The van der Waals surface area contributed by atoms with Crippen LogP contribution in [-0.4, -0.2) is 31.6 Å². The van der Waals surface area contributed by atoms with Crippen molar-refractivity contribution < 1.29 is 0 Å². The molecule has 0 radical (unpaired) electrons. The molecule has 0 aliphatic carbocycles. The zero-order valence-electron chi connectivity index (χ0n) is 7.60. The predicted octanol–water partition coefficient (Wildman–Crippen LogP) is -0.0455. The molecule has 1 N–H and O–H groups in total. The van der Waals surface area contributed by atoms with Gasteiger partial charge in [-0.2, -0.15) is 4.52 Å². The number of rotatable bonds is 2. The van der Waals surface area contributed by atoms with Crippen LogP contribution >= 0.6 is 0 Å². The van der Waals surface area contributed by atoms with Crippen LogP contribution in [0.4, 0.5) is 5.82 Å². The maximum atomic E-state index is 4.11. The molecule has 70 valence electrons. The van der Waals surface area contributed by atoms with Crippen molar-refractivity contribution in [3.05, 3.63) is 12.4 Å². The van der Waals surface area contributed by atoms with Gasteiger partial charge in [-0.15, -0.1) is 11.0 Å². The maximum absolute atomic E-state index is 4.11. The van der Waals surface area contributed by atoms with E-state index in [9.17, 15) is 0 Å². The van der Waals surface area contributed by atoms with E-state index in [2.05, 4.69) is 37.7 Å². The van der Waals surface area contributed by atoms with Gasteiger partial charge >= 0.3 is 0 Å². The molecule has 0 saturated heterocycles. The van der Waals surface area contributed by atoms with E-state index in [1.807, 2.05) is 0 Å². The second-order valence-electron chi connectivity index (χ2n) is 2.50. The molecule has 0 aliphatic heterocycles. The Morgan fingerprint density at radius 1 is 1.57 bits per heavy atom. The van der Waals surface area contributed by atoms with Crippen LogP contribution in [0.5, 0.6) is 0 Å². The molecule has 0 bridgehead atoms. The second-order valence-corrected chi connectivity index (χ2v) is 2.50. The zero-order chi connectivity index (χ0) is 9.80. The van der Waals surface area contributed by atoms with Crippen molar-refractivity contribution in [2.24, 2.45) is 0 Å². The molecule has 0 spiro atoms. The van der Waals surface area contributed by atoms with Gasteiger partial charge in [-0.25, -0.2) is 4.98 Å². The highest BCUT2D eigenvalue weighted by molar-refractivity contribution is 5.61. The Morgan fingerprint density at radius 3 is 3.36 bits per heavy atom. The minimum Gasteiger partial charge on any atom is -0.356 e. The van der Waals surface area contributed by atoms with Crippen molar-refractivity contribution in [3.8, 4) is 11.8 Å². The Balaban J connectivity index is 2.30. The largest absolute Gasteiger partial charge is 0.356 e. The van der Waals surface area contributed by atoms with Gasteiger partial charge in [-0.05, 0) is 17.4 Å². The molecule has 2 heterocycles. The van der Waals surface area contributed by atoms with E-state index in [1.165, 1.54) is 0 Å². The number of anilines is 1. The van der Waals surface area contributed by atoms with Crippen LogP contribution in [0.2, 0.25) is 0 Å². The lowest BCUT2D eigenvalue weighted by molar-refractivity contribution is 0.820. The Morgan fingerprint density at radius 2 is 2.50 bits per heavy atom. The third kappa shape index (κ3) is 1.47. The summed E-state index contributed by atoms with van der Waals surface area (Å²) in [6.45, 7) is 2.32. The normalized spacial score (nSPS) is 9.50. The Bertz CT molecular complexity index is 491. The molecule has 0 amide bonds. The highest BCUT2D eigenvalue weighted by atomic mass is 15.5. The standard InChI is InChI=1S/C8H8N6/c1-2-3-4-9-7-8-11-12-13-14(8)6-5-10-7/h5-6H,4H2,1H3,(H,9,10). The average molecular weight is 188 g/mol. The first-order valence-electron chi connectivity index (χ1n) is 4.08. The highest BCUT2D eigenvalue weighted by Gasteiger charge is 2.03. The molecule has 0 saturated carbocycles. The van der Waals surface area contributed by atoms with E-state index in [0.29, 0.717) is 18.0 Å². The fraction of sp³-hybridized carbons (Fsp3) is 0.250. The number of aromatic nitrogens is 5. The Kier molecular flexibility index (Phi) is 2.23. The van der Waals surface area contributed by atoms with Crippen molar-refractivity contribution in [2.45, 2.75) is 6.92 Å². The summed E-state index contributed by atoms with van der Waals surface area (Å²) in [5.41, 5.74) is 0.602. The Hall–Kier alpha value is -2.16. The van der Waals surface area contributed by atoms with Gasteiger partial charge in [-0.3, -0.25) is 0 Å². The molecule has 2 aromatic heterocycles. The van der Waals surface area contributed by atoms with Crippen molar-refractivity contribution in [1.82, 2.24) is 25.0 Å². The quantitative estimate of drug-likeness (QED) is 0.669. The van der Waals surface area contributed by atoms with E-state index in [0.717, 1.165) is 0 Å². The van der Waals surface area contributed by atoms with Gasteiger partial charge in [0.1, 0.15) is 0 Å². The third-order valence-corrected chi connectivity index (χ3v) is 1.64. The van der Waals surface area contributed by atoms with Gasteiger partial charge < -0.3 is 5.32 Å². The summed E-state index contributed by atoms with van der Waals surface area (Å²) in [7, 11) is 0. The Labute approximate surface area is 80.3 Å². The summed E-state index contributed by atoms with van der Waals surface area (Å²) in [6, 6.07) is 0. The molecule has 0 aromatic carbocycles. The number of tetrazole rings is 1. The van der Waals surface area contributed by atoms with Crippen molar-refractivity contribution >= 4 is 11.5 Å². The number of hydrogen-bond donors (Lipinski definition) is 1. The fourth-order valence-electron chi connectivity index (χ4n) is 1.02. The minimum atomic E-state index is 0.538. The van der Waals surface area contributed by atoms with Crippen molar-refractivity contribution in [1.29, 1.82) is 0 Å². The molecule has 0 atom stereocenters. The lowest BCUT2D eigenvalue weighted by Crippen LogP contribution is -2.03. The monoisotopic (exact) mass is 188 g/mol. The number of nitrogens with one attached hydrogen (secondary N) is 1. The molecule has 0 aliphatic rings. The van der Waals surface area contributed by atoms with Gasteiger partial charge in [-0.1, -0.05) is 5.92 Å². The van der Waals surface area contributed by atoms with Gasteiger partial charge in [0.25, 0.3) is 0 Å². The lowest BCUT2D eigenvalue weighted by atomic mass is 10.5. The lowest BCUT2D eigenvalue weighted by Gasteiger charge is -2.00. The van der Waals surface area contributed by atoms with Gasteiger partial charge in [0.2, 0.25) is 5.65 Å². The van der Waals surface area contributed by atoms with E-state index in [4.69, 9.17) is 0 Å². The summed E-state index contributed by atoms with van der Waals surface area (Å²) in [6.07, 6.45) is 3.32. The summed E-state index contributed by atoms with van der Waals surface area (Å²) < 4.78 is 1.55. The van der Waals surface area contributed by atoms with Crippen LogP contribution in [0.3, 0.4) is 0 Å². The summed E-state index contributed by atoms with van der Waals surface area (Å²) in [5, 5.41) is 14.1. The molecule has 6 nitrogen and oxygen atoms in total. The molecule has 6 heteroatoms. The van der Waals surface area contributed by atoms with Gasteiger partial charge in [0, 0.05) is 6.20 Å². The second kappa shape index (κ2) is 3.70.